The highest BCUT2D eigenvalue weighted by Gasteiger charge is 2.04. The molecular formula is C22H32IN3O2. The standard InChI is InChI=1S/C22H31N3O2.HI/c1-18(20-8-5-4-6-9-20)27-17-7-15-24-22(23-2)25-16-14-19-10-12-21(26-3)13-11-19;/h4-6,8-13,18H,7,14-17H2,1-3H3,(H2,23,24,25);1H. The second-order valence-corrected chi connectivity index (χ2v) is 6.30. The van der Waals surface area contributed by atoms with E-state index in [1.165, 1.54) is 11.1 Å². The third kappa shape index (κ3) is 8.93. The Bertz CT molecular complexity index is 678. The normalized spacial score (nSPS) is 12.0. The van der Waals surface area contributed by atoms with Crippen LogP contribution in [-0.2, 0) is 11.2 Å². The Morgan fingerprint density at radius 1 is 1.00 bits per heavy atom. The van der Waals surface area contributed by atoms with Crippen molar-refractivity contribution in [1.29, 1.82) is 0 Å². The van der Waals surface area contributed by atoms with E-state index in [-0.39, 0.29) is 30.1 Å². The number of guanidine groups is 1. The lowest BCUT2D eigenvalue weighted by atomic mass is 10.1. The molecule has 0 aromatic heterocycles. The van der Waals surface area contributed by atoms with Crippen LogP contribution in [-0.4, -0.2) is 39.8 Å². The van der Waals surface area contributed by atoms with Crippen molar-refractivity contribution in [2.24, 2.45) is 4.99 Å². The van der Waals surface area contributed by atoms with Crippen LogP contribution < -0.4 is 15.4 Å². The van der Waals surface area contributed by atoms with Crippen LogP contribution in [0.25, 0.3) is 0 Å². The first-order valence-corrected chi connectivity index (χ1v) is 9.47. The Balaban J connectivity index is 0.00000392. The number of rotatable bonds is 10. The fourth-order valence-electron chi connectivity index (χ4n) is 2.70. The monoisotopic (exact) mass is 497 g/mol. The Kier molecular flexibility index (Phi) is 12.3. The van der Waals surface area contributed by atoms with Crippen molar-refractivity contribution in [3.8, 4) is 5.75 Å². The molecule has 0 heterocycles. The summed E-state index contributed by atoms with van der Waals surface area (Å²) in [5, 5.41) is 6.67. The number of hydrogen-bond donors (Lipinski definition) is 2. The minimum absolute atomic E-state index is 0. The van der Waals surface area contributed by atoms with Crippen LogP contribution in [0, 0.1) is 0 Å². The summed E-state index contributed by atoms with van der Waals surface area (Å²) in [6.45, 7) is 4.45. The highest BCUT2D eigenvalue weighted by atomic mass is 127. The summed E-state index contributed by atoms with van der Waals surface area (Å²) in [6, 6.07) is 18.4. The van der Waals surface area contributed by atoms with E-state index in [0.717, 1.165) is 37.6 Å². The van der Waals surface area contributed by atoms with Gasteiger partial charge in [-0.2, -0.15) is 0 Å². The molecule has 0 fully saturated rings. The summed E-state index contributed by atoms with van der Waals surface area (Å²) in [7, 11) is 3.47. The summed E-state index contributed by atoms with van der Waals surface area (Å²) in [5.41, 5.74) is 2.48. The van der Waals surface area contributed by atoms with Gasteiger partial charge in [0.15, 0.2) is 5.96 Å². The van der Waals surface area contributed by atoms with Crippen molar-refractivity contribution in [3.63, 3.8) is 0 Å². The predicted octanol–water partition coefficient (Wildman–Crippen LogP) is 4.19. The minimum atomic E-state index is 0. The van der Waals surface area contributed by atoms with Gasteiger partial charge in [0.25, 0.3) is 0 Å². The van der Waals surface area contributed by atoms with E-state index in [2.05, 4.69) is 46.8 Å². The number of nitrogens with zero attached hydrogens (tertiary/aromatic N) is 1. The van der Waals surface area contributed by atoms with Crippen LogP contribution in [0.3, 0.4) is 0 Å². The molecule has 0 aliphatic carbocycles. The van der Waals surface area contributed by atoms with Gasteiger partial charge in [-0.05, 0) is 43.0 Å². The van der Waals surface area contributed by atoms with E-state index in [0.29, 0.717) is 6.61 Å². The summed E-state index contributed by atoms with van der Waals surface area (Å²) in [4.78, 5) is 4.26. The maximum absolute atomic E-state index is 5.89. The second kappa shape index (κ2) is 14.2. The molecule has 0 bridgehead atoms. The molecule has 0 spiro atoms. The van der Waals surface area contributed by atoms with Crippen LogP contribution >= 0.6 is 24.0 Å². The number of hydrogen-bond acceptors (Lipinski definition) is 3. The first-order chi connectivity index (χ1) is 13.2. The van der Waals surface area contributed by atoms with Crippen molar-refractivity contribution in [1.82, 2.24) is 10.6 Å². The third-order valence-electron chi connectivity index (χ3n) is 4.34. The van der Waals surface area contributed by atoms with Crippen molar-refractivity contribution < 1.29 is 9.47 Å². The molecule has 0 saturated carbocycles. The lowest BCUT2D eigenvalue weighted by molar-refractivity contribution is 0.0646. The topological polar surface area (TPSA) is 54.9 Å². The van der Waals surface area contributed by atoms with Gasteiger partial charge < -0.3 is 20.1 Å². The summed E-state index contributed by atoms with van der Waals surface area (Å²) in [6.07, 6.45) is 1.98. The molecule has 5 nitrogen and oxygen atoms in total. The van der Waals surface area contributed by atoms with Crippen molar-refractivity contribution in [2.75, 3.05) is 33.9 Å². The molecule has 1 atom stereocenters. The molecule has 2 aromatic carbocycles. The van der Waals surface area contributed by atoms with Gasteiger partial charge in [0, 0.05) is 26.7 Å². The molecule has 1 unspecified atom stereocenters. The number of nitrogens with one attached hydrogen (secondary N) is 2. The van der Waals surface area contributed by atoms with E-state index in [1.54, 1.807) is 14.2 Å². The van der Waals surface area contributed by atoms with Gasteiger partial charge in [-0.15, -0.1) is 24.0 Å². The summed E-state index contributed by atoms with van der Waals surface area (Å²) >= 11 is 0. The van der Waals surface area contributed by atoms with Gasteiger partial charge in [0.2, 0.25) is 0 Å². The number of halogens is 1. The fourth-order valence-corrected chi connectivity index (χ4v) is 2.70. The van der Waals surface area contributed by atoms with Gasteiger partial charge in [0.1, 0.15) is 5.75 Å². The lowest BCUT2D eigenvalue weighted by Crippen LogP contribution is -2.39. The molecule has 154 valence electrons. The van der Waals surface area contributed by atoms with E-state index in [9.17, 15) is 0 Å². The van der Waals surface area contributed by atoms with E-state index >= 15 is 0 Å². The van der Waals surface area contributed by atoms with Gasteiger partial charge in [-0.25, -0.2) is 0 Å². The maximum atomic E-state index is 5.89. The fraction of sp³-hybridized carbons (Fsp3) is 0.409. The molecular weight excluding hydrogens is 465 g/mol. The summed E-state index contributed by atoms with van der Waals surface area (Å²) < 4.78 is 11.1. The molecule has 0 aliphatic heterocycles. The second-order valence-electron chi connectivity index (χ2n) is 6.30. The summed E-state index contributed by atoms with van der Waals surface area (Å²) in [5.74, 6) is 1.70. The number of benzene rings is 2. The molecule has 2 N–H and O–H groups in total. The molecule has 0 saturated heterocycles. The molecule has 0 amide bonds. The van der Waals surface area contributed by atoms with Crippen LogP contribution in [0.15, 0.2) is 59.6 Å². The first-order valence-electron chi connectivity index (χ1n) is 9.47. The highest BCUT2D eigenvalue weighted by molar-refractivity contribution is 14.0. The molecule has 2 rings (SSSR count). The zero-order valence-electron chi connectivity index (χ0n) is 17.0. The number of ether oxygens (including phenoxy) is 2. The van der Waals surface area contributed by atoms with Crippen molar-refractivity contribution >= 4 is 29.9 Å². The van der Waals surface area contributed by atoms with Crippen molar-refractivity contribution in [2.45, 2.75) is 25.9 Å². The molecule has 0 aliphatic rings. The largest absolute Gasteiger partial charge is 0.497 e. The van der Waals surface area contributed by atoms with Crippen molar-refractivity contribution in [3.05, 3.63) is 65.7 Å². The van der Waals surface area contributed by atoms with E-state index in [1.807, 2.05) is 30.3 Å². The average molecular weight is 497 g/mol. The minimum Gasteiger partial charge on any atom is -0.497 e. The molecule has 6 heteroatoms. The van der Waals surface area contributed by atoms with Gasteiger partial charge in [0.05, 0.1) is 13.2 Å². The number of methoxy groups -OCH3 is 1. The first kappa shape index (κ1) is 24.2. The molecule has 28 heavy (non-hydrogen) atoms. The number of aliphatic imine (C=N–C) groups is 1. The van der Waals surface area contributed by atoms with Gasteiger partial charge in [-0.3, -0.25) is 4.99 Å². The SMILES string of the molecule is CN=C(NCCCOC(C)c1ccccc1)NCCc1ccc(OC)cc1.I. The Labute approximate surface area is 186 Å². The van der Waals surface area contributed by atoms with Gasteiger partial charge >= 0.3 is 0 Å². The zero-order valence-corrected chi connectivity index (χ0v) is 19.3. The average Bonchev–Trinajstić information content (AvgIpc) is 2.73. The quantitative estimate of drug-likeness (QED) is 0.224. The highest BCUT2D eigenvalue weighted by Crippen LogP contribution is 2.15. The molecule has 0 radical (unpaired) electrons. The van der Waals surface area contributed by atoms with Crippen LogP contribution in [0.1, 0.15) is 30.6 Å². The van der Waals surface area contributed by atoms with Crippen LogP contribution in [0.5, 0.6) is 5.75 Å². The molecule has 2 aromatic rings. The third-order valence-corrected chi connectivity index (χ3v) is 4.34. The Hall–Kier alpha value is -1.80. The predicted molar refractivity (Wildman–Crippen MR) is 127 cm³/mol. The maximum Gasteiger partial charge on any atom is 0.190 e. The van der Waals surface area contributed by atoms with Gasteiger partial charge in [-0.1, -0.05) is 42.5 Å². The lowest BCUT2D eigenvalue weighted by Gasteiger charge is -2.15. The zero-order chi connectivity index (χ0) is 19.3. The van der Waals surface area contributed by atoms with E-state index < -0.39 is 0 Å². The van der Waals surface area contributed by atoms with Crippen LogP contribution in [0.2, 0.25) is 0 Å². The Morgan fingerprint density at radius 3 is 2.32 bits per heavy atom. The smallest absolute Gasteiger partial charge is 0.190 e. The Morgan fingerprint density at radius 2 is 1.68 bits per heavy atom. The van der Waals surface area contributed by atoms with Crippen LogP contribution in [0.4, 0.5) is 0 Å². The van der Waals surface area contributed by atoms with E-state index in [4.69, 9.17) is 9.47 Å².